The maximum atomic E-state index is 12.0. The Hall–Kier alpha value is -1.80. The van der Waals surface area contributed by atoms with Gasteiger partial charge in [0.05, 0.1) is 17.2 Å². The Balaban J connectivity index is 1.61. The molecule has 7 nitrogen and oxygen atoms in total. The van der Waals surface area contributed by atoms with Crippen molar-refractivity contribution in [3.05, 3.63) is 27.8 Å². The van der Waals surface area contributed by atoms with Gasteiger partial charge < -0.3 is 9.42 Å². The second kappa shape index (κ2) is 6.76. The number of likely N-dealkylation sites (tertiary alicyclic amines) is 1. The number of carbonyl (C=O) groups excluding carboxylic acids is 1. The topological polar surface area (TPSA) is 75.4 Å². The van der Waals surface area contributed by atoms with Crippen LogP contribution < -0.4 is 0 Å². The first-order chi connectivity index (χ1) is 11.0. The van der Waals surface area contributed by atoms with Gasteiger partial charge in [0.15, 0.2) is 5.82 Å². The Bertz CT molecular complexity index is 683. The fourth-order valence-electron chi connectivity index (χ4n) is 2.98. The number of carbonyl (C=O) groups is 1. The summed E-state index contributed by atoms with van der Waals surface area (Å²) in [6.07, 6.45) is 0.958. The number of nitrogens with zero attached hydrogens (tertiary/aromatic N) is 5. The van der Waals surface area contributed by atoms with Crippen molar-refractivity contribution >= 4 is 17.2 Å². The number of aromatic nitrogens is 3. The number of hydrogen-bond acceptors (Lipinski definition) is 7. The smallest absolute Gasteiger partial charge is 0.223 e. The van der Waals surface area contributed by atoms with Crippen LogP contribution in [0.1, 0.15) is 35.8 Å². The van der Waals surface area contributed by atoms with Crippen molar-refractivity contribution in [1.82, 2.24) is 24.9 Å². The van der Waals surface area contributed by atoms with Gasteiger partial charge in [0.25, 0.3) is 0 Å². The van der Waals surface area contributed by atoms with Gasteiger partial charge in [0.2, 0.25) is 11.8 Å². The molecule has 3 rings (SSSR count). The maximum Gasteiger partial charge on any atom is 0.223 e. The van der Waals surface area contributed by atoms with Crippen LogP contribution in [0.5, 0.6) is 0 Å². The molecule has 1 saturated heterocycles. The van der Waals surface area contributed by atoms with E-state index in [-0.39, 0.29) is 11.9 Å². The van der Waals surface area contributed by atoms with Crippen LogP contribution in [0.4, 0.5) is 0 Å². The maximum absolute atomic E-state index is 12.0. The molecule has 23 heavy (non-hydrogen) atoms. The van der Waals surface area contributed by atoms with E-state index in [1.54, 1.807) is 25.2 Å². The fraction of sp³-hybridized carbons (Fsp3) is 0.600. The molecule has 1 amide bonds. The molecule has 3 heterocycles. The van der Waals surface area contributed by atoms with Crippen molar-refractivity contribution in [1.29, 1.82) is 0 Å². The van der Waals surface area contributed by atoms with Gasteiger partial charge >= 0.3 is 0 Å². The van der Waals surface area contributed by atoms with Crippen LogP contribution >= 0.6 is 11.3 Å². The van der Waals surface area contributed by atoms with Crippen molar-refractivity contribution in [2.24, 2.45) is 0 Å². The molecule has 2 aromatic rings. The molecule has 0 spiro atoms. The van der Waals surface area contributed by atoms with E-state index in [9.17, 15) is 4.79 Å². The fourth-order valence-corrected chi connectivity index (χ4v) is 3.58. The Kier molecular flexibility index (Phi) is 4.72. The molecule has 0 radical (unpaired) electrons. The summed E-state index contributed by atoms with van der Waals surface area (Å²) in [5.74, 6) is 1.13. The molecule has 0 bridgehead atoms. The van der Waals surface area contributed by atoms with E-state index in [0.29, 0.717) is 18.3 Å². The minimum absolute atomic E-state index is 0.0452. The molecule has 1 aliphatic rings. The Morgan fingerprint density at radius 2 is 2.30 bits per heavy atom. The van der Waals surface area contributed by atoms with Crippen molar-refractivity contribution in [3.63, 3.8) is 0 Å². The molecule has 0 unspecified atom stereocenters. The number of hydrogen-bond donors (Lipinski definition) is 0. The van der Waals surface area contributed by atoms with E-state index in [2.05, 4.69) is 25.4 Å². The second-order valence-corrected chi connectivity index (χ2v) is 6.97. The Labute approximate surface area is 139 Å². The van der Waals surface area contributed by atoms with Crippen LogP contribution in [0.2, 0.25) is 0 Å². The lowest BCUT2D eigenvalue weighted by atomic mass is 10.2. The van der Waals surface area contributed by atoms with Gasteiger partial charge in [0, 0.05) is 44.9 Å². The minimum Gasteiger partial charge on any atom is -0.340 e. The highest BCUT2D eigenvalue weighted by Gasteiger charge is 2.30. The zero-order valence-corrected chi connectivity index (χ0v) is 14.5. The quantitative estimate of drug-likeness (QED) is 0.829. The lowest BCUT2D eigenvalue weighted by molar-refractivity contribution is -0.131. The minimum atomic E-state index is 0.0452. The standard InChI is InChI=1S/C15H21N5O2S/c1-10-16-15(18-22-10)8-20(12(3)21)14-4-5-19(7-14)6-13-9-23-11(2)17-13/h9,14H,4-8H2,1-3H3/t14-/m0/s1. The molecule has 0 saturated carbocycles. The largest absolute Gasteiger partial charge is 0.340 e. The summed E-state index contributed by atoms with van der Waals surface area (Å²) < 4.78 is 4.99. The average Bonchev–Trinajstić information content (AvgIpc) is 3.19. The first-order valence-corrected chi connectivity index (χ1v) is 8.59. The SMILES string of the molecule is CC(=O)N(Cc1noc(C)n1)[C@H]1CCN(Cc2csc(C)n2)C1. The molecule has 1 atom stereocenters. The second-order valence-electron chi connectivity index (χ2n) is 5.91. The van der Waals surface area contributed by atoms with E-state index >= 15 is 0 Å². The number of amides is 1. The third kappa shape index (κ3) is 3.94. The average molecular weight is 335 g/mol. The monoisotopic (exact) mass is 335 g/mol. The molecule has 8 heteroatoms. The normalized spacial score (nSPS) is 18.5. The summed E-state index contributed by atoms with van der Waals surface area (Å²) in [4.78, 5) is 24.9. The van der Waals surface area contributed by atoms with Gasteiger partial charge in [-0.05, 0) is 13.3 Å². The third-order valence-corrected chi connectivity index (χ3v) is 4.85. The highest BCUT2D eigenvalue weighted by atomic mass is 32.1. The molecule has 124 valence electrons. The summed E-state index contributed by atoms with van der Waals surface area (Å²) in [5.41, 5.74) is 1.11. The molecule has 0 aliphatic carbocycles. The predicted octanol–water partition coefficient (Wildman–Crippen LogP) is 1.77. The third-order valence-electron chi connectivity index (χ3n) is 4.03. The van der Waals surface area contributed by atoms with Crippen LogP contribution in [-0.4, -0.2) is 50.0 Å². The van der Waals surface area contributed by atoms with Crippen LogP contribution in [0.3, 0.4) is 0 Å². The number of aryl methyl sites for hydroxylation is 2. The van der Waals surface area contributed by atoms with Gasteiger partial charge in [-0.3, -0.25) is 9.69 Å². The first-order valence-electron chi connectivity index (χ1n) is 7.71. The van der Waals surface area contributed by atoms with Gasteiger partial charge in [-0.15, -0.1) is 11.3 Å². The lowest BCUT2D eigenvalue weighted by Crippen LogP contribution is -2.40. The summed E-state index contributed by atoms with van der Waals surface area (Å²) in [6.45, 7) is 8.44. The van der Waals surface area contributed by atoms with Gasteiger partial charge in [0.1, 0.15) is 0 Å². The highest BCUT2D eigenvalue weighted by Crippen LogP contribution is 2.20. The Morgan fingerprint density at radius 1 is 1.48 bits per heavy atom. The molecule has 0 aromatic carbocycles. The van der Waals surface area contributed by atoms with Gasteiger partial charge in [-0.25, -0.2) is 4.98 Å². The van der Waals surface area contributed by atoms with E-state index in [1.807, 2.05) is 11.8 Å². The molecule has 1 aliphatic heterocycles. The molecular formula is C15H21N5O2S. The first kappa shape index (κ1) is 16.1. The van der Waals surface area contributed by atoms with E-state index in [1.165, 1.54) is 0 Å². The van der Waals surface area contributed by atoms with Crippen LogP contribution in [-0.2, 0) is 17.9 Å². The van der Waals surface area contributed by atoms with Crippen molar-refractivity contribution in [3.8, 4) is 0 Å². The molecule has 2 aromatic heterocycles. The Morgan fingerprint density at radius 3 is 2.91 bits per heavy atom. The van der Waals surface area contributed by atoms with Crippen molar-refractivity contribution < 1.29 is 9.32 Å². The van der Waals surface area contributed by atoms with E-state index in [4.69, 9.17) is 4.52 Å². The molecular weight excluding hydrogens is 314 g/mol. The summed E-state index contributed by atoms with van der Waals surface area (Å²) in [6, 6.07) is 0.186. The van der Waals surface area contributed by atoms with Crippen LogP contribution in [0, 0.1) is 13.8 Å². The highest BCUT2D eigenvalue weighted by molar-refractivity contribution is 7.09. The van der Waals surface area contributed by atoms with Gasteiger partial charge in [-0.1, -0.05) is 5.16 Å². The lowest BCUT2D eigenvalue weighted by Gasteiger charge is -2.26. The number of rotatable bonds is 5. The molecule has 1 fully saturated rings. The van der Waals surface area contributed by atoms with Crippen LogP contribution in [0.25, 0.3) is 0 Å². The van der Waals surface area contributed by atoms with E-state index in [0.717, 1.165) is 36.8 Å². The van der Waals surface area contributed by atoms with Crippen LogP contribution in [0.15, 0.2) is 9.90 Å². The summed E-state index contributed by atoms with van der Waals surface area (Å²) >= 11 is 1.67. The number of thiazole rings is 1. The van der Waals surface area contributed by atoms with Crippen molar-refractivity contribution in [2.45, 2.75) is 46.3 Å². The van der Waals surface area contributed by atoms with Gasteiger partial charge in [-0.2, -0.15) is 4.98 Å². The van der Waals surface area contributed by atoms with Crippen molar-refractivity contribution in [2.75, 3.05) is 13.1 Å². The zero-order chi connectivity index (χ0) is 16.4. The zero-order valence-electron chi connectivity index (χ0n) is 13.7. The summed E-state index contributed by atoms with van der Waals surface area (Å²) in [7, 11) is 0. The summed E-state index contributed by atoms with van der Waals surface area (Å²) in [5, 5.41) is 7.09. The molecule has 0 N–H and O–H groups in total. The predicted molar refractivity (Wildman–Crippen MR) is 85.8 cm³/mol. The van der Waals surface area contributed by atoms with E-state index < -0.39 is 0 Å².